The average molecular weight is 464 g/mol. The van der Waals surface area contributed by atoms with Crippen molar-refractivity contribution in [3.63, 3.8) is 0 Å². The molecule has 4 rings (SSSR count). The third-order valence-electron chi connectivity index (χ3n) is 4.84. The molecule has 172 valence electrons. The highest BCUT2D eigenvalue weighted by Crippen LogP contribution is 2.28. The fourth-order valence-electron chi connectivity index (χ4n) is 3.23. The third-order valence-corrected chi connectivity index (χ3v) is 4.84. The number of hydrogen-bond donors (Lipinski definition) is 0. The highest BCUT2D eigenvalue weighted by atomic mass is 16.6. The molecule has 2 fully saturated rings. The van der Waals surface area contributed by atoms with Gasteiger partial charge in [0.25, 0.3) is 23.2 Å². The van der Waals surface area contributed by atoms with Gasteiger partial charge in [0, 0.05) is 35.4 Å². The van der Waals surface area contributed by atoms with Crippen LogP contribution in [-0.4, -0.2) is 33.5 Å². The summed E-state index contributed by atoms with van der Waals surface area (Å²) in [5.41, 5.74) is 0.463. The Hall–Kier alpha value is -5.00. The first kappa shape index (κ1) is 23.7. The first-order valence-electron chi connectivity index (χ1n) is 9.60. The lowest BCUT2D eigenvalue weighted by molar-refractivity contribution is -0.385. The second-order valence-electron chi connectivity index (χ2n) is 7.18. The fraction of sp³-hybridized carbons (Fsp3) is 0.0909. The zero-order valence-corrected chi connectivity index (χ0v) is 17.5. The van der Waals surface area contributed by atoms with Crippen molar-refractivity contribution in [2.24, 2.45) is 0 Å². The fourth-order valence-corrected chi connectivity index (χ4v) is 3.23. The van der Waals surface area contributed by atoms with E-state index >= 15 is 0 Å². The number of rotatable bonds is 4. The molecule has 12 heteroatoms. The molecule has 0 saturated carbocycles. The molecule has 2 aromatic carbocycles. The normalized spacial score (nSPS) is 15.5. The highest BCUT2D eigenvalue weighted by molar-refractivity contribution is 6.28. The summed E-state index contributed by atoms with van der Waals surface area (Å²) in [6.45, 7) is 6.95. The van der Waals surface area contributed by atoms with Crippen molar-refractivity contribution in [1.29, 1.82) is 0 Å². The largest absolute Gasteiger partial charge is 0.274 e. The summed E-state index contributed by atoms with van der Waals surface area (Å²) in [5.74, 6) is -1.84. The third kappa shape index (κ3) is 4.60. The molecule has 0 spiro atoms. The molecule has 0 atom stereocenters. The van der Waals surface area contributed by atoms with E-state index in [0.717, 1.165) is 9.80 Å². The molecule has 34 heavy (non-hydrogen) atoms. The van der Waals surface area contributed by atoms with Crippen LogP contribution in [0, 0.1) is 20.2 Å². The maximum atomic E-state index is 11.6. The van der Waals surface area contributed by atoms with Crippen molar-refractivity contribution < 1.29 is 29.0 Å². The van der Waals surface area contributed by atoms with E-state index in [0.29, 0.717) is 0 Å². The standard InChI is InChI=1S/2C11H8N2O4/c2*1-7-5-10(14)12(11(7)15)8-3-2-4-9(6-8)13(16)17/h2*2-4,6H,1,5H2. The van der Waals surface area contributed by atoms with Crippen LogP contribution in [0.1, 0.15) is 12.8 Å². The van der Waals surface area contributed by atoms with E-state index < -0.39 is 33.5 Å². The van der Waals surface area contributed by atoms with Gasteiger partial charge in [0.15, 0.2) is 0 Å². The number of carbonyl (C=O) groups is 4. The molecule has 2 aliphatic rings. The van der Waals surface area contributed by atoms with Crippen LogP contribution in [0.3, 0.4) is 0 Å². The number of amides is 4. The Kier molecular flexibility index (Phi) is 6.43. The van der Waals surface area contributed by atoms with Crippen LogP contribution in [0.2, 0.25) is 0 Å². The summed E-state index contributed by atoms with van der Waals surface area (Å²) in [6.07, 6.45) is -0.0803. The second-order valence-corrected chi connectivity index (χ2v) is 7.18. The van der Waals surface area contributed by atoms with Gasteiger partial charge in [-0.15, -0.1) is 0 Å². The van der Waals surface area contributed by atoms with Gasteiger partial charge in [-0.25, -0.2) is 9.80 Å². The van der Waals surface area contributed by atoms with E-state index in [1.165, 1.54) is 48.5 Å². The number of nitro groups is 2. The van der Waals surface area contributed by atoms with Crippen molar-refractivity contribution in [2.75, 3.05) is 9.80 Å². The van der Waals surface area contributed by atoms with Crippen molar-refractivity contribution in [3.8, 4) is 0 Å². The minimum Gasteiger partial charge on any atom is -0.274 e. The van der Waals surface area contributed by atoms with Gasteiger partial charge in [-0.3, -0.25) is 39.4 Å². The van der Waals surface area contributed by atoms with Gasteiger partial charge in [-0.1, -0.05) is 25.3 Å². The Labute approximate surface area is 191 Å². The molecule has 4 amide bonds. The monoisotopic (exact) mass is 464 g/mol. The van der Waals surface area contributed by atoms with Crippen molar-refractivity contribution >= 4 is 46.4 Å². The minimum absolute atomic E-state index is 0.0402. The number of nitrogens with zero attached hydrogens (tertiary/aromatic N) is 4. The first-order valence-corrected chi connectivity index (χ1v) is 9.60. The molecule has 0 bridgehead atoms. The van der Waals surface area contributed by atoms with E-state index in [-0.39, 0.29) is 46.7 Å². The van der Waals surface area contributed by atoms with Gasteiger partial charge in [-0.2, -0.15) is 0 Å². The van der Waals surface area contributed by atoms with Crippen molar-refractivity contribution in [2.45, 2.75) is 12.8 Å². The summed E-state index contributed by atoms with van der Waals surface area (Å²) in [4.78, 5) is 68.2. The maximum absolute atomic E-state index is 11.6. The molecule has 0 unspecified atom stereocenters. The number of benzene rings is 2. The molecule has 2 saturated heterocycles. The Morgan fingerprint density at radius 2 is 1.03 bits per heavy atom. The van der Waals surface area contributed by atoms with Crippen LogP contribution >= 0.6 is 0 Å². The quantitative estimate of drug-likeness (QED) is 0.289. The van der Waals surface area contributed by atoms with E-state index in [9.17, 15) is 39.4 Å². The van der Waals surface area contributed by atoms with Crippen LogP contribution in [0.15, 0.2) is 72.8 Å². The van der Waals surface area contributed by atoms with Gasteiger partial charge in [-0.05, 0) is 12.1 Å². The van der Waals surface area contributed by atoms with Crippen molar-refractivity contribution in [3.05, 3.63) is 93.1 Å². The van der Waals surface area contributed by atoms with Crippen molar-refractivity contribution in [1.82, 2.24) is 0 Å². The summed E-state index contributed by atoms with van der Waals surface area (Å²) >= 11 is 0. The minimum atomic E-state index is -0.580. The number of non-ortho nitro benzene ring substituents is 2. The molecule has 0 aliphatic carbocycles. The van der Waals surface area contributed by atoms with Gasteiger partial charge in [0.2, 0.25) is 11.8 Å². The SMILES string of the molecule is C=C1CC(=O)N(c2cccc([N+](=O)[O-])c2)C1=O.C=C1CC(=O)N(c2cccc([N+](=O)[O-])c2)C1=O. The predicted octanol–water partition coefficient (Wildman–Crippen LogP) is 2.83. The number of imide groups is 2. The lowest BCUT2D eigenvalue weighted by Gasteiger charge is -2.12. The molecule has 0 N–H and O–H groups in total. The van der Waals surface area contributed by atoms with E-state index in [1.807, 2.05) is 0 Å². The first-order chi connectivity index (χ1) is 16.0. The topological polar surface area (TPSA) is 161 Å². The van der Waals surface area contributed by atoms with Crippen LogP contribution < -0.4 is 9.80 Å². The molecule has 0 aromatic heterocycles. The molecule has 2 aliphatic heterocycles. The van der Waals surface area contributed by atoms with E-state index in [2.05, 4.69) is 13.2 Å². The van der Waals surface area contributed by atoms with Gasteiger partial charge >= 0.3 is 0 Å². The van der Waals surface area contributed by atoms with Crippen LogP contribution in [-0.2, 0) is 19.2 Å². The Morgan fingerprint density at radius 3 is 1.29 bits per heavy atom. The number of hydrogen-bond acceptors (Lipinski definition) is 8. The maximum Gasteiger partial charge on any atom is 0.271 e. The summed E-state index contributed by atoms with van der Waals surface area (Å²) < 4.78 is 0. The Balaban J connectivity index is 0.000000191. The summed E-state index contributed by atoms with van der Waals surface area (Å²) in [5, 5.41) is 21.2. The zero-order chi connectivity index (χ0) is 25.2. The highest BCUT2D eigenvalue weighted by Gasteiger charge is 2.35. The molecule has 12 nitrogen and oxygen atoms in total. The van der Waals surface area contributed by atoms with Gasteiger partial charge < -0.3 is 0 Å². The van der Waals surface area contributed by atoms with Crippen LogP contribution in [0.4, 0.5) is 22.7 Å². The Morgan fingerprint density at radius 1 is 0.676 bits per heavy atom. The number of carbonyl (C=O) groups excluding carboxylic acids is 4. The lowest BCUT2D eigenvalue weighted by Crippen LogP contribution is -2.28. The van der Waals surface area contributed by atoms with Gasteiger partial charge in [0.05, 0.1) is 34.1 Å². The molecule has 2 heterocycles. The van der Waals surface area contributed by atoms with Gasteiger partial charge in [0.1, 0.15) is 0 Å². The molecular weight excluding hydrogens is 448 g/mol. The molecule has 0 radical (unpaired) electrons. The van der Waals surface area contributed by atoms with Crippen LogP contribution in [0.5, 0.6) is 0 Å². The summed E-state index contributed by atoms with van der Waals surface area (Å²) in [6, 6.07) is 10.8. The predicted molar refractivity (Wildman–Crippen MR) is 119 cm³/mol. The van der Waals surface area contributed by atoms with E-state index in [4.69, 9.17) is 0 Å². The molecular formula is C22H16N4O8. The lowest BCUT2D eigenvalue weighted by atomic mass is 10.2. The van der Waals surface area contributed by atoms with E-state index in [1.54, 1.807) is 0 Å². The second kappa shape index (κ2) is 9.24. The van der Waals surface area contributed by atoms with Crippen LogP contribution in [0.25, 0.3) is 0 Å². The smallest absolute Gasteiger partial charge is 0.271 e. The summed E-state index contributed by atoms with van der Waals surface area (Å²) in [7, 11) is 0. The number of nitro benzene ring substituents is 2. The Bertz CT molecular complexity index is 1200. The number of anilines is 2. The molecule has 2 aromatic rings. The average Bonchev–Trinajstić information content (AvgIpc) is 3.20. The zero-order valence-electron chi connectivity index (χ0n) is 17.5.